The predicted octanol–water partition coefficient (Wildman–Crippen LogP) is 4.36. The van der Waals surface area contributed by atoms with Crippen molar-refractivity contribution >= 4 is 11.6 Å². The van der Waals surface area contributed by atoms with Crippen molar-refractivity contribution in [3.63, 3.8) is 0 Å². The molecule has 0 aliphatic carbocycles. The fourth-order valence-corrected chi connectivity index (χ4v) is 2.05. The summed E-state index contributed by atoms with van der Waals surface area (Å²) in [6, 6.07) is 4.00. The summed E-state index contributed by atoms with van der Waals surface area (Å²) in [5.74, 6) is 1.64. The van der Waals surface area contributed by atoms with Crippen LogP contribution in [-0.4, -0.2) is 19.2 Å². The van der Waals surface area contributed by atoms with Crippen LogP contribution in [0.1, 0.15) is 38.3 Å². The molecule has 0 radical (unpaired) electrons. The van der Waals surface area contributed by atoms with Crippen molar-refractivity contribution in [2.75, 3.05) is 13.1 Å². The molecule has 1 atom stereocenters. The number of aryl methyl sites for hydroxylation is 2. The topological polar surface area (TPSA) is 21.3 Å². The van der Waals surface area contributed by atoms with E-state index in [0.717, 1.165) is 40.9 Å². The summed E-state index contributed by atoms with van der Waals surface area (Å²) in [4.78, 5) is 0. The quantitative estimate of drug-likeness (QED) is 0.751. The Labute approximate surface area is 122 Å². The van der Waals surface area contributed by atoms with Gasteiger partial charge in [-0.15, -0.1) is 0 Å². The maximum Gasteiger partial charge on any atom is 0.120 e. The SMILES string of the molecule is Cc1cc(OC(C)CNCCC(C)C)cc(C)c1Cl. The molecule has 0 aliphatic rings. The molecular formula is C16H26ClNO. The lowest BCUT2D eigenvalue weighted by Crippen LogP contribution is -2.30. The van der Waals surface area contributed by atoms with Crippen molar-refractivity contribution in [1.82, 2.24) is 5.32 Å². The third kappa shape index (κ3) is 5.84. The molecule has 0 amide bonds. The zero-order valence-electron chi connectivity index (χ0n) is 12.7. The Kier molecular flexibility index (Phi) is 6.67. The first kappa shape index (κ1) is 16.3. The van der Waals surface area contributed by atoms with E-state index in [2.05, 4.69) is 26.1 Å². The minimum absolute atomic E-state index is 0.159. The smallest absolute Gasteiger partial charge is 0.120 e. The molecule has 108 valence electrons. The van der Waals surface area contributed by atoms with Crippen LogP contribution >= 0.6 is 11.6 Å². The number of nitrogens with one attached hydrogen (secondary N) is 1. The summed E-state index contributed by atoms with van der Waals surface area (Å²) >= 11 is 6.15. The minimum atomic E-state index is 0.159. The van der Waals surface area contributed by atoms with Gasteiger partial charge in [-0.25, -0.2) is 0 Å². The van der Waals surface area contributed by atoms with E-state index in [1.165, 1.54) is 6.42 Å². The van der Waals surface area contributed by atoms with Gasteiger partial charge in [0.15, 0.2) is 0 Å². The summed E-state index contributed by atoms with van der Waals surface area (Å²) in [6.07, 6.45) is 1.36. The van der Waals surface area contributed by atoms with Crippen LogP contribution in [0.5, 0.6) is 5.75 Å². The standard InChI is InChI=1S/C16H26ClNO/c1-11(2)6-7-18-10-14(5)19-15-8-12(3)16(17)13(4)9-15/h8-9,11,14,18H,6-7,10H2,1-5H3. The van der Waals surface area contributed by atoms with Crippen LogP contribution in [0.4, 0.5) is 0 Å². The second-order valence-electron chi connectivity index (χ2n) is 5.69. The van der Waals surface area contributed by atoms with Gasteiger partial charge in [-0.3, -0.25) is 0 Å². The largest absolute Gasteiger partial charge is 0.489 e. The Morgan fingerprint density at radius 2 is 1.74 bits per heavy atom. The van der Waals surface area contributed by atoms with Crippen molar-refractivity contribution < 1.29 is 4.74 Å². The molecule has 1 rings (SSSR count). The van der Waals surface area contributed by atoms with Crippen molar-refractivity contribution in [1.29, 1.82) is 0 Å². The molecule has 0 saturated heterocycles. The number of halogens is 1. The molecule has 1 aromatic rings. The molecule has 0 bridgehead atoms. The van der Waals surface area contributed by atoms with Gasteiger partial charge in [0.25, 0.3) is 0 Å². The molecule has 0 aromatic heterocycles. The molecule has 0 aliphatic heterocycles. The lowest BCUT2D eigenvalue weighted by atomic mass is 10.1. The van der Waals surface area contributed by atoms with E-state index in [1.54, 1.807) is 0 Å². The highest BCUT2D eigenvalue weighted by Gasteiger charge is 2.07. The summed E-state index contributed by atoms with van der Waals surface area (Å²) in [7, 11) is 0. The molecule has 1 unspecified atom stereocenters. The van der Waals surface area contributed by atoms with Crippen LogP contribution in [0.15, 0.2) is 12.1 Å². The second kappa shape index (κ2) is 7.76. The van der Waals surface area contributed by atoms with Crippen LogP contribution in [-0.2, 0) is 0 Å². The number of hydrogen-bond acceptors (Lipinski definition) is 2. The van der Waals surface area contributed by atoms with Gasteiger partial charge in [-0.05, 0) is 62.9 Å². The van der Waals surface area contributed by atoms with Crippen LogP contribution in [0, 0.1) is 19.8 Å². The Hall–Kier alpha value is -0.730. The average Bonchev–Trinajstić information content (AvgIpc) is 2.31. The van der Waals surface area contributed by atoms with E-state index in [9.17, 15) is 0 Å². The summed E-state index contributed by atoms with van der Waals surface area (Å²) in [5, 5.41) is 4.26. The molecule has 0 spiro atoms. The normalized spacial score (nSPS) is 12.8. The van der Waals surface area contributed by atoms with Gasteiger partial charge in [-0.1, -0.05) is 25.4 Å². The first-order valence-electron chi connectivity index (χ1n) is 7.04. The van der Waals surface area contributed by atoms with E-state index in [0.29, 0.717) is 0 Å². The van der Waals surface area contributed by atoms with Crippen molar-refractivity contribution in [2.24, 2.45) is 5.92 Å². The van der Waals surface area contributed by atoms with Crippen LogP contribution < -0.4 is 10.1 Å². The van der Waals surface area contributed by atoms with Crippen LogP contribution in [0.3, 0.4) is 0 Å². The van der Waals surface area contributed by atoms with Gasteiger partial charge in [0.1, 0.15) is 11.9 Å². The fourth-order valence-electron chi connectivity index (χ4n) is 1.94. The first-order chi connectivity index (χ1) is 8.90. The van der Waals surface area contributed by atoms with Gasteiger partial charge in [0.05, 0.1) is 0 Å². The van der Waals surface area contributed by atoms with Crippen molar-refractivity contribution in [2.45, 2.75) is 47.1 Å². The molecule has 0 saturated carbocycles. The number of rotatable bonds is 7. The Morgan fingerprint density at radius 3 is 2.26 bits per heavy atom. The maximum absolute atomic E-state index is 6.15. The average molecular weight is 284 g/mol. The number of hydrogen-bond donors (Lipinski definition) is 1. The van der Waals surface area contributed by atoms with E-state index in [4.69, 9.17) is 16.3 Å². The zero-order chi connectivity index (χ0) is 14.4. The highest BCUT2D eigenvalue weighted by molar-refractivity contribution is 6.32. The molecule has 1 aromatic carbocycles. The second-order valence-corrected chi connectivity index (χ2v) is 6.06. The van der Waals surface area contributed by atoms with E-state index >= 15 is 0 Å². The van der Waals surface area contributed by atoms with Gasteiger partial charge in [0.2, 0.25) is 0 Å². The lowest BCUT2D eigenvalue weighted by molar-refractivity contribution is 0.216. The Bertz CT molecular complexity index is 381. The van der Waals surface area contributed by atoms with E-state index in [1.807, 2.05) is 26.0 Å². The Morgan fingerprint density at radius 1 is 1.16 bits per heavy atom. The highest BCUT2D eigenvalue weighted by atomic mass is 35.5. The fraction of sp³-hybridized carbons (Fsp3) is 0.625. The minimum Gasteiger partial charge on any atom is -0.489 e. The molecule has 0 fully saturated rings. The Balaban J connectivity index is 2.42. The van der Waals surface area contributed by atoms with Crippen LogP contribution in [0.25, 0.3) is 0 Å². The molecule has 19 heavy (non-hydrogen) atoms. The molecule has 0 heterocycles. The van der Waals surface area contributed by atoms with Gasteiger partial charge in [0, 0.05) is 11.6 Å². The monoisotopic (exact) mass is 283 g/mol. The van der Waals surface area contributed by atoms with Gasteiger partial charge < -0.3 is 10.1 Å². The van der Waals surface area contributed by atoms with Crippen molar-refractivity contribution in [3.8, 4) is 5.75 Å². The third-order valence-corrected chi connectivity index (χ3v) is 3.67. The van der Waals surface area contributed by atoms with E-state index < -0.39 is 0 Å². The molecule has 2 nitrogen and oxygen atoms in total. The lowest BCUT2D eigenvalue weighted by Gasteiger charge is -2.17. The molecule has 3 heteroatoms. The maximum atomic E-state index is 6.15. The first-order valence-corrected chi connectivity index (χ1v) is 7.42. The number of benzene rings is 1. The molecular weight excluding hydrogens is 258 g/mol. The van der Waals surface area contributed by atoms with Crippen molar-refractivity contribution in [3.05, 3.63) is 28.3 Å². The highest BCUT2D eigenvalue weighted by Crippen LogP contribution is 2.26. The van der Waals surface area contributed by atoms with Crippen LogP contribution in [0.2, 0.25) is 5.02 Å². The summed E-state index contributed by atoms with van der Waals surface area (Å²) in [5.41, 5.74) is 2.13. The molecule has 1 N–H and O–H groups in total. The van der Waals surface area contributed by atoms with Gasteiger partial charge >= 0.3 is 0 Å². The number of ether oxygens (including phenoxy) is 1. The summed E-state index contributed by atoms with van der Waals surface area (Å²) < 4.78 is 5.92. The predicted molar refractivity (Wildman–Crippen MR) is 83.3 cm³/mol. The summed E-state index contributed by atoms with van der Waals surface area (Å²) in [6.45, 7) is 12.5. The zero-order valence-corrected chi connectivity index (χ0v) is 13.5. The third-order valence-electron chi connectivity index (χ3n) is 3.08. The van der Waals surface area contributed by atoms with Gasteiger partial charge in [-0.2, -0.15) is 0 Å². The van der Waals surface area contributed by atoms with E-state index in [-0.39, 0.29) is 6.10 Å².